The number of methoxy groups -OCH3 is 1. The van der Waals surface area contributed by atoms with Crippen LogP contribution in [0.2, 0.25) is 5.02 Å². The number of nitrogens with one attached hydrogen (secondary N) is 1. The molecule has 0 aliphatic heterocycles. The van der Waals surface area contributed by atoms with E-state index in [4.69, 9.17) is 16.3 Å². The third kappa shape index (κ3) is 4.74. The molecule has 140 valence electrons. The predicted octanol–water partition coefficient (Wildman–Crippen LogP) is 4.56. The van der Waals surface area contributed by atoms with Crippen molar-refractivity contribution in [2.24, 2.45) is 0 Å². The van der Waals surface area contributed by atoms with Crippen LogP contribution in [-0.2, 0) is 11.3 Å². The number of hydrogen-bond donors (Lipinski definition) is 1. The molecule has 0 aliphatic rings. The number of likely N-dealkylation sites (N-methyl/N-ethyl adjacent to an activating group) is 1. The summed E-state index contributed by atoms with van der Waals surface area (Å²) in [6.45, 7) is 6.36. The first-order chi connectivity index (χ1) is 12.2. The molecule has 0 saturated carbocycles. The highest BCUT2D eigenvalue weighted by atomic mass is 35.5. The predicted molar refractivity (Wildman–Crippen MR) is 103 cm³/mol. The smallest absolute Gasteiger partial charge is 0.241 e. The van der Waals surface area contributed by atoms with Crippen LogP contribution < -0.4 is 10.1 Å². The standard InChI is InChI=1S/C20H24ClFN2O2/c1-12-8-15(9-13(2)19(12)26-5)11-24(4)14(3)20(25)23-18-7-6-16(21)10-17(18)22/h6-10,14H,11H2,1-5H3,(H,23,25). The van der Waals surface area contributed by atoms with Crippen LogP contribution >= 0.6 is 11.6 Å². The van der Waals surface area contributed by atoms with Crippen LogP contribution in [0.5, 0.6) is 5.75 Å². The molecule has 1 amide bonds. The maximum Gasteiger partial charge on any atom is 0.241 e. The van der Waals surface area contributed by atoms with Gasteiger partial charge in [-0.3, -0.25) is 9.69 Å². The Hall–Kier alpha value is -2.11. The minimum absolute atomic E-state index is 0.121. The summed E-state index contributed by atoms with van der Waals surface area (Å²) in [6.07, 6.45) is 0. The van der Waals surface area contributed by atoms with Crippen molar-refractivity contribution >= 4 is 23.2 Å². The first-order valence-corrected chi connectivity index (χ1v) is 8.71. The van der Waals surface area contributed by atoms with Gasteiger partial charge in [0.05, 0.1) is 18.8 Å². The Bertz CT molecular complexity index is 787. The van der Waals surface area contributed by atoms with Gasteiger partial charge in [-0.2, -0.15) is 0 Å². The van der Waals surface area contributed by atoms with Gasteiger partial charge in [-0.15, -0.1) is 0 Å². The average Bonchev–Trinajstić information content (AvgIpc) is 2.56. The molecule has 0 heterocycles. The molecule has 0 spiro atoms. The summed E-state index contributed by atoms with van der Waals surface area (Å²) >= 11 is 5.73. The molecule has 0 bridgehead atoms. The summed E-state index contributed by atoms with van der Waals surface area (Å²) in [7, 11) is 3.51. The molecule has 1 N–H and O–H groups in total. The Kier molecular flexibility index (Phi) is 6.62. The quantitative estimate of drug-likeness (QED) is 0.800. The van der Waals surface area contributed by atoms with Gasteiger partial charge in [-0.25, -0.2) is 4.39 Å². The van der Waals surface area contributed by atoms with Crippen LogP contribution in [0.15, 0.2) is 30.3 Å². The molecular formula is C20H24ClFN2O2. The molecule has 2 aromatic carbocycles. The van der Waals surface area contributed by atoms with E-state index in [1.54, 1.807) is 14.0 Å². The molecule has 0 aromatic heterocycles. The van der Waals surface area contributed by atoms with Gasteiger partial charge in [0.15, 0.2) is 0 Å². The molecule has 2 aromatic rings. The number of ether oxygens (including phenoxy) is 1. The minimum atomic E-state index is -0.554. The molecule has 0 saturated heterocycles. The fraction of sp³-hybridized carbons (Fsp3) is 0.350. The fourth-order valence-corrected chi connectivity index (χ4v) is 3.07. The number of carbonyl (C=O) groups is 1. The topological polar surface area (TPSA) is 41.6 Å². The van der Waals surface area contributed by atoms with E-state index in [2.05, 4.69) is 5.32 Å². The lowest BCUT2D eigenvalue weighted by atomic mass is 10.0. The maximum absolute atomic E-state index is 13.9. The highest BCUT2D eigenvalue weighted by molar-refractivity contribution is 6.30. The first-order valence-electron chi connectivity index (χ1n) is 8.33. The number of rotatable bonds is 6. The van der Waals surface area contributed by atoms with Crippen LogP contribution in [0, 0.1) is 19.7 Å². The van der Waals surface area contributed by atoms with Crippen molar-refractivity contribution in [1.82, 2.24) is 4.90 Å². The molecule has 1 unspecified atom stereocenters. The van der Waals surface area contributed by atoms with Gasteiger partial charge < -0.3 is 10.1 Å². The third-order valence-electron chi connectivity index (χ3n) is 4.39. The Labute approximate surface area is 158 Å². The molecular weight excluding hydrogens is 355 g/mol. The normalized spacial score (nSPS) is 12.2. The highest BCUT2D eigenvalue weighted by Crippen LogP contribution is 2.25. The van der Waals surface area contributed by atoms with Gasteiger partial charge in [-0.1, -0.05) is 23.7 Å². The Balaban J connectivity index is 2.06. The lowest BCUT2D eigenvalue weighted by Crippen LogP contribution is -2.39. The number of halogens is 2. The summed E-state index contributed by atoms with van der Waals surface area (Å²) in [4.78, 5) is 14.3. The molecule has 2 rings (SSSR count). The second kappa shape index (κ2) is 8.52. The van der Waals surface area contributed by atoms with E-state index >= 15 is 0 Å². The van der Waals surface area contributed by atoms with Gasteiger partial charge in [-0.05, 0) is 62.7 Å². The molecule has 0 radical (unpaired) electrons. The number of amides is 1. The van der Waals surface area contributed by atoms with E-state index < -0.39 is 11.9 Å². The van der Waals surface area contributed by atoms with Gasteiger partial charge in [0.2, 0.25) is 5.91 Å². The van der Waals surface area contributed by atoms with Gasteiger partial charge >= 0.3 is 0 Å². The second-order valence-electron chi connectivity index (χ2n) is 6.47. The van der Waals surface area contributed by atoms with Crippen LogP contribution in [0.1, 0.15) is 23.6 Å². The largest absolute Gasteiger partial charge is 0.496 e. The van der Waals surface area contributed by atoms with Crippen LogP contribution in [0.3, 0.4) is 0 Å². The zero-order chi connectivity index (χ0) is 19.4. The van der Waals surface area contributed by atoms with Gasteiger partial charge in [0.25, 0.3) is 0 Å². The Morgan fingerprint density at radius 3 is 2.42 bits per heavy atom. The maximum atomic E-state index is 13.9. The summed E-state index contributed by atoms with van der Waals surface area (Å²) in [5, 5.41) is 2.90. The van der Waals surface area contributed by atoms with Crippen molar-refractivity contribution in [2.45, 2.75) is 33.4 Å². The number of carbonyl (C=O) groups excluding carboxylic acids is 1. The SMILES string of the molecule is COc1c(C)cc(CN(C)C(C)C(=O)Nc2ccc(Cl)cc2F)cc1C. The fourth-order valence-electron chi connectivity index (χ4n) is 2.91. The summed E-state index contributed by atoms with van der Waals surface area (Å²) in [5.41, 5.74) is 3.31. The average molecular weight is 379 g/mol. The van der Waals surface area contributed by atoms with Crippen molar-refractivity contribution in [3.05, 3.63) is 57.9 Å². The Morgan fingerprint density at radius 2 is 1.88 bits per heavy atom. The van der Waals surface area contributed by atoms with Crippen molar-refractivity contribution in [3.63, 3.8) is 0 Å². The summed E-state index contributed by atoms with van der Waals surface area (Å²) in [6, 6.07) is 7.83. The van der Waals surface area contributed by atoms with E-state index in [1.165, 1.54) is 18.2 Å². The van der Waals surface area contributed by atoms with Crippen molar-refractivity contribution in [1.29, 1.82) is 0 Å². The second-order valence-corrected chi connectivity index (χ2v) is 6.90. The van der Waals surface area contributed by atoms with E-state index in [0.717, 1.165) is 22.4 Å². The molecule has 6 heteroatoms. The number of nitrogens with zero attached hydrogens (tertiary/aromatic N) is 1. The molecule has 26 heavy (non-hydrogen) atoms. The first kappa shape index (κ1) is 20.2. The van der Waals surface area contributed by atoms with Crippen LogP contribution in [0.25, 0.3) is 0 Å². The number of hydrogen-bond acceptors (Lipinski definition) is 3. The van der Waals surface area contributed by atoms with Gasteiger partial charge in [0.1, 0.15) is 11.6 Å². The zero-order valence-corrected chi connectivity index (χ0v) is 16.4. The number of aryl methyl sites for hydroxylation is 2. The van der Waals surface area contributed by atoms with Crippen LogP contribution in [-0.4, -0.2) is 31.0 Å². The Morgan fingerprint density at radius 1 is 1.27 bits per heavy atom. The van der Waals surface area contributed by atoms with E-state index in [-0.39, 0.29) is 16.6 Å². The molecule has 1 atom stereocenters. The lowest BCUT2D eigenvalue weighted by molar-refractivity contribution is -0.120. The summed E-state index contributed by atoms with van der Waals surface area (Å²) < 4.78 is 19.2. The molecule has 0 aliphatic carbocycles. The summed E-state index contributed by atoms with van der Waals surface area (Å²) in [5.74, 6) is 0.0400. The van der Waals surface area contributed by atoms with Crippen LogP contribution in [0.4, 0.5) is 10.1 Å². The van der Waals surface area contributed by atoms with Crippen molar-refractivity contribution in [3.8, 4) is 5.75 Å². The van der Waals surface area contributed by atoms with Crippen molar-refractivity contribution < 1.29 is 13.9 Å². The number of benzene rings is 2. The minimum Gasteiger partial charge on any atom is -0.496 e. The zero-order valence-electron chi connectivity index (χ0n) is 15.7. The van der Waals surface area contributed by atoms with E-state index in [0.29, 0.717) is 6.54 Å². The van der Waals surface area contributed by atoms with E-state index in [9.17, 15) is 9.18 Å². The third-order valence-corrected chi connectivity index (χ3v) is 4.62. The lowest BCUT2D eigenvalue weighted by Gasteiger charge is -2.24. The van der Waals surface area contributed by atoms with Crippen molar-refractivity contribution in [2.75, 3.05) is 19.5 Å². The number of anilines is 1. The monoisotopic (exact) mass is 378 g/mol. The van der Waals surface area contributed by atoms with E-state index in [1.807, 2.05) is 37.9 Å². The molecule has 4 nitrogen and oxygen atoms in total. The molecule has 0 fully saturated rings. The van der Waals surface area contributed by atoms with Gasteiger partial charge in [0, 0.05) is 11.6 Å². The highest BCUT2D eigenvalue weighted by Gasteiger charge is 2.20.